The van der Waals surface area contributed by atoms with Crippen LogP contribution < -0.4 is 29.9 Å². The molecule has 0 atom stereocenters. The van der Waals surface area contributed by atoms with Gasteiger partial charge in [0.15, 0.2) is 0 Å². The van der Waals surface area contributed by atoms with E-state index in [2.05, 4.69) is 15.6 Å². The molecule has 1 aliphatic heterocycles. The number of amides is 3. The number of carbonyl (C=O) groups excluding carboxylic acids is 1. The summed E-state index contributed by atoms with van der Waals surface area (Å²) in [5.41, 5.74) is 3.34. The molecular weight excluding hydrogens is 529 g/mol. The summed E-state index contributed by atoms with van der Waals surface area (Å²) in [4.78, 5) is 33.1. The fourth-order valence-electron chi connectivity index (χ4n) is 5.72. The van der Waals surface area contributed by atoms with Crippen LogP contribution in [0.5, 0.6) is 11.5 Å². The third-order valence-electron chi connectivity index (χ3n) is 7.79. The van der Waals surface area contributed by atoms with E-state index in [-0.39, 0.29) is 30.3 Å². The summed E-state index contributed by atoms with van der Waals surface area (Å²) < 4.78 is 25.8. The van der Waals surface area contributed by atoms with Crippen LogP contribution in [0.4, 0.5) is 31.2 Å². The predicted octanol–water partition coefficient (Wildman–Crippen LogP) is 5.68. The van der Waals surface area contributed by atoms with Crippen molar-refractivity contribution in [3.8, 4) is 11.5 Å². The van der Waals surface area contributed by atoms with Gasteiger partial charge in [-0.3, -0.25) is 9.80 Å². The van der Waals surface area contributed by atoms with E-state index in [1.807, 2.05) is 24.3 Å². The first-order valence-corrected chi connectivity index (χ1v) is 13.6. The Balaban J connectivity index is 1.45. The standard InChI is InChI=1S/C30H34FN5O5/c1-18-5-4-6-24(31)28(18)35-17-20-16-33-27(32-15-19-7-12-23(40-2)13-26(19)41-3)14-25(20)36(30(35)39)22-10-8-21(9-11-22)34-29(37)38/h4-7,12-14,16,21-22,34H,8-11,15,17H2,1-3H3,(H,32,33)(H,37,38). The largest absolute Gasteiger partial charge is 0.497 e. The van der Waals surface area contributed by atoms with E-state index in [1.165, 1.54) is 11.0 Å². The molecule has 0 spiro atoms. The number of nitrogens with one attached hydrogen (secondary N) is 2. The van der Waals surface area contributed by atoms with Crippen LogP contribution in [-0.4, -0.2) is 48.5 Å². The van der Waals surface area contributed by atoms with Crippen molar-refractivity contribution in [2.75, 3.05) is 29.3 Å². The smallest absolute Gasteiger partial charge is 0.404 e. The van der Waals surface area contributed by atoms with Gasteiger partial charge in [0.2, 0.25) is 0 Å². The van der Waals surface area contributed by atoms with E-state index in [0.717, 1.165) is 11.1 Å². The number of urea groups is 1. The molecule has 0 radical (unpaired) electrons. The van der Waals surface area contributed by atoms with Crippen LogP contribution in [0.1, 0.15) is 42.4 Å². The van der Waals surface area contributed by atoms with Gasteiger partial charge in [-0.1, -0.05) is 12.1 Å². The van der Waals surface area contributed by atoms with Gasteiger partial charge in [-0.05, 0) is 56.4 Å². The van der Waals surface area contributed by atoms with Gasteiger partial charge in [0.25, 0.3) is 0 Å². The van der Waals surface area contributed by atoms with Crippen molar-refractivity contribution >= 4 is 29.3 Å². The highest BCUT2D eigenvalue weighted by molar-refractivity contribution is 6.07. The summed E-state index contributed by atoms with van der Waals surface area (Å²) in [6.07, 6.45) is 3.08. The number of carboxylic acid groups (broad SMARTS) is 1. The monoisotopic (exact) mass is 563 g/mol. The van der Waals surface area contributed by atoms with Crippen LogP contribution in [0, 0.1) is 12.7 Å². The molecule has 10 nitrogen and oxygen atoms in total. The molecular formula is C30H34FN5O5. The van der Waals surface area contributed by atoms with E-state index < -0.39 is 11.9 Å². The summed E-state index contributed by atoms with van der Waals surface area (Å²) >= 11 is 0. The number of rotatable bonds is 8. The predicted molar refractivity (Wildman–Crippen MR) is 154 cm³/mol. The lowest BCUT2D eigenvalue weighted by atomic mass is 9.89. The summed E-state index contributed by atoms with van der Waals surface area (Å²) in [6.45, 7) is 2.40. The number of aromatic nitrogens is 1. The van der Waals surface area contributed by atoms with Gasteiger partial charge < -0.3 is 25.2 Å². The van der Waals surface area contributed by atoms with Gasteiger partial charge in [0.1, 0.15) is 23.1 Å². The summed E-state index contributed by atoms with van der Waals surface area (Å²) in [7, 11) is 3.20. The van der Waals surface area contributed by atoms with Crippen molar-refractivity contribution in [2.45, 2.75) is 57.8 Å². The van der Waals surface area contributed by atoms with Crippen LogP contribution in [0.2, 0.25) is 0 Å². The fraction of sp³-hybridized carbons (Fsp3) is 0.367. The topological polar surface area (TPSA) is 116 Å². The highest BCUT2D eigenvalue weighted by Crippen LogP contribution is 2.39. The third-order valence-corrected chi connectivity index (χ3v) is 7.79. The second kappa shape index (κ2) is 11.9. The number of halogens is 1. The minimum atomic E-state index is -1.05. The molecule has 1 saturated carbocycles. The number of pyridine rings is 1. The average molecular weight is 564 g/mol. The molecule has 216 valence electrons. The highest BCUT2D eigenvalue weighted by atomic mass is 19.1. The van der Waals surface area contributed by atoms with Gasteiger partial charge in [-0.15, -0.1) is 0 Å². The molecule has 0 bridgehead atoms. The maximum atomic E-state index is 15.0. The molecule has 3 aromatic rings. The van der Waals surface area contributed by atoms with E-state index in [9.17, 15) is 9.59 Å². The number of carbonyl (C=O) groups is 2. The first kappa shape index (κ1) is 28.0. The molecule has 2 aliphatic rings. The number of aryl methyl sites for hydroxylation is 1. The first-order valence-electron chi connectivity index (χ1n) is 13.6. The third kappa shape index (κ3) is 5.84. The number of hydrogen-bond donors (Lipinski definition) is 3. The summed E-state index contributed by atoms with van der Waals surface area (Å²) in [5, 5.41) is 15.0. The molecule has 11 heteroatoms. The Kier molecular flexibility index (Phi) is 8.14. The van der Waals surface area contributed by atoms with Crippen LogP contribution in [0.25, 0.3) is 0 Å². The second-order valence-corrected chi connectivity index (χ2v) is 10.3. The molecule has 3 N–H and O–H groups in total. The SMILES string of the molecule is COc1ccc(CNc2cc3c(cn2)CN(c2c(C)cccc2F)C(=O)N3C2CCC(NC(=O)O)CC2)c(OC)c1. The number of methoxy groups -OCH3 is 2. The molecule has 41 heavy (non-hydrogen) atoms. The van der Waals surface area contributed by atoms with E-state index in [4.69, 9.17) is 14.6 Å². The number of para-hydroxylation sites is 1. The van der Waals surface area contributed by atoms with Crippen molar-refractivity contribution in [3.05, 3.63) is 71.2 Å². The van der Waals surface area contributed by atoms with Gasteiger partial charge in [-0.25, -0.2) is 19.0 Å². The number of benzene rings is 2. The number of fused-ring (bicyclic) bond motifs is 1. The molecule has 0 unspecified atom stereocenters. The Labute approximate surface area is 238 Å². The zero-order valence-corrected chi connectivity index (χ0v) is 23.3. The molecule has 1 fully saturated rings. The maximum absolute atomic E-state index is 15.0. The Morgan fingerprint density at radius 1 is 1.12 bits per heavy atom. The maximum Gasteiger partial charge on any atom is 0.404 e. The highest BCUT2D eigenvalue weighted by Gasteiger charge is 2.39. The van der Waals surface area contributed by atoms with Gasteiger partial charge in [0.05, 0.1) is 32.1 Å². The number of nitrogens with zero attached hydrogens (tertiary/aromatic N) is 3. The van der Waals surface area contributed by atoms with E-state index in [1.54, 1.807) is 44.4 Å². The fourth-order valence-corrected chi connectivity index (χ4v) is 5.72. The normalized spacial score (nSPS) is 18.5. The first-order chi connectivity index (χ1) is 19.8. The van der Waals surface area contributed by atoms with Crippen molar-refractivity contribution in [3.63, 3.8) is 0 Å². The molecule has 1 aromatic heterocycles. The van der Waals surface area contributed by atoms with Crippen LogP contribution in [0.3, 0.4) is 0 Å². The Morgan fingerprint density at radius 3 is 2.59 bits per heavy atom. The van der Waals surface area contributed by atoms with E-state index in [0.29, 0.717) is 60.8 Å². The molecule has 0 saturated heterocycles. The zero-order valence-electron chi connectivity index (χ0n) is 23.3. The average Bonchev–Trinajstić information content (AvgIpc) is 2.96. The van der Waals surface area contributed by atoms with Crippen LogP contribution in [0.15, 0.2) is 48.7 Å². The second-order valence-electron chi connectivity index (χ2n) is 10.3. The van der Waals surface area contributed by atoms with Crippen molar-refractivity contribution < 1.29 is 28.6 Å². The Morgan fingerprint density at radius 2 is 1.90 bits per heavy atom. The van der Waals surface area contributed by atoms with E-state index >= 15 is 4.39 Å². The lowest BCUT2D eigenvalue weighted by molar-refractivity contribution is 0.184. The van der Waals surface area contributed by atoms with Gasteiger partial charge in [0, 0.05) is 48.1 Å². The zero-order chi connectivity index (χ0) is 29.1. The van der Waals surface area contributed by atoms with Crippen molar-refractivity contribution in [1.82, 2.24) is 10.3 Å². The summed E-state index contributed by atoms with van der Waals surface area (Å²) in [5.74, 6) is 1.48. The van der Waals surface area contributed by atoms with Crippen molar-refractivity contribution in [2.24, 2.45) is 0 Å². The van der Waals surface area contributed by atoms with Gasteiger partial charge >= 0.3 is 12.1 Å². The molecule has 2 heterocycles. The minimum Gasteiger partial charge on any atom is -0.497 e. The Bertz CT molecular complexity index is 1420. The minimum absolute atomic E-state index is 0.165. The van der Waals surface area contributed by atoms with Crippen LogP contribution >= 0.6 is 0 Å². The number of hydrogen-bond acceptors (Lipinski definition) is 6. The number of ether oxygens (including phenoxy) is 2. The molecule has 1 aliphatic carbocycles. The molecule has 3 amide bonds. The lowest BCUT2D eigenvalue weighted by Gasteiger charge is -2.43. The Hall–Kier alpha value is -4.54. The molecule has 5 rings (SSSR count). The molecule has 2 aromatic carbocycles. The summed E-state index contributed by atoms with van der Waals surface area (Å²) in [6, 6.07) is 11.6. The van der Waals surface area contributed by atoms with Crippen molar-refractivity contribution in [1.29, 1.82) is 0 Å². The number of anilines is 3. The lowest BCUT2D eigenvalue weighted by Crippen LogP contribution is -2.54. The van der Waals surface area contributed by atoms with Crippen LogP contribution in [-0.2, 0) is 13.1 Å². The van der Waals surface area contributed by atoms with Gasteiger partial charge in [-0.2, -0.15) is 0 Å². The quantitative estimate of drug-likeness (QED) is 0.323.